The number of carbonyl (C=O) groups excluding carboxylic acids is 2. The second-order valence-electron chi connectivity index (χ2n) is 10.1. The van der Waals surface area contributed by atoms with Crippen molar-refractivity contribution in [3.05, 3.63) is 87.9 Å². The number of hydrogen-bond acceptors (Lipinski definition) is 5. The van der Waals surface area contributed by atoms with Crippen LogP contribution in [0, 0.1) is 12.8 Å². The van der Waals surface area contributed by atoms with E-state index in [1.807, 2.05) is 20.8 Å². The van der Waals surface area contributed by atoms with E-state index in [2.05, 4.69) is 5.32 Å². The first-order chi connectivity index (χ1) is 19.3. The van der Waals surface area contributed by atoms with Crippen LogP contribution in [0.1, 0.15) is 31.9 Å². The van der Waals surface area contributed by atoms with Crippen LogP contribution in [0.25, 0.3) is 0 Å². The highest BCUT2D eigenvalue weighted by Gasteiger charge is 2.34. The molecule has 2 amide bonds. The van der Waals surface area contributed by atoms with E-state index in [1.54, 1.807) is 49.4 Å². The van der Waals surface area contributed by atoms with Gasteiger partial charge in [-0.2, -0.15) is 0 Å². The molecular formula is C30H35Cl2N3O5S. The van der Waals surface area contributed by atoms with Gasteiger partial charge < -0.3 is 15.0 Å². The van der Waals surface area contributed by atoms with Crippen LogP contribution < -0.4 is 14.4 Å². The third kappa shape index (κ3) is 8.38. The molecule has 0 unspecified atom stereocenters. The fourth-order valence-corrected chi connectivity index (χ4v) is 5.87. The monoisotopic (exact) mass is 619 g/mol. The van der Waals surface area contributed by atoms with Gasteiger partial charge in [0.05, 0.1) is 17.7 Å². The van der Waals surface area contributed by atoms with Crippen molar-refractivity contribution in [2.45, 2.75) is 45.2 Å². The smallest absolute Gasteiger partial charge is 0.264 e. The van der Waals surface area contributed by atoms with Crippen LogP contribution in [0.2, 0.25) is 10.0 Å². The topological polar surface area (TPSA) is 96.0 Å². The van der Waals surface area contributed by atoms with E-state index >= 15 is 0 Å². The molecule has 8 nitrogen and oxygen atoms in total. The van der Waals surface area contributed by atoms with Gasteiger partial charge in [-0.1, -0.05) is 66.9 Å². The number of rotatable bonds is 12. The number of benzene rings is 3. The average molecular weight is 621 g/mol. The number of halogens is 2. The first-order valence-corrected chi connectivity index (χ1v) is 15.3. The molecule has 0 aliphatic carbocycles. The van der Waals surface area contributed by atoms with E-state index in [-0.39, 0.29) is 39.7 Å². The predicted octanol–water partition coefficient (Wildman–Crippen LogP) is 5.70. The van der Waals surface area contributed by atoms with E-state index in [1.165, 1.54) is 36.3 Å². The van der Waals surface area contributed by atoms with Crippen LogP contribution in [0.4, 0.5) is 5.69 Å². The molecule has 220 valence electrons. The summed E-state index contributed by atoms with van der Waals surface area (Å²) >= 11 is 12.5. The Kier molecular flexibility index (Phi) is 11.1. The number of nitrogens with zero attached hydrogens (tertiary/aromatic N) is 2. The van der Waals surface area contributed by atoms with Gasteiger partial charge in [-0.05, 0) is 67.8 Å². The lowest BCUT2D eigenvalue weighted by Gasteiger charge is -2.32. The second-order valence-corrected chi connectivity index (χ2v) is 12.8. The number of amides is 2. The predicted molar refractivity (Wildman–Crippen MR) is 163 cm³/mol. The Balaban J connectivity index is 2.08. The van der Waals surface area contributed by atoms with Crippen LogP contribution in [-0.2, 0) is 26.2 Å². The third-order valence-corrected chi connectivity index (χ3v) is 8.64. The summed E-state index contributed by atoms with van der Waals surface area (Å²) in [6, 6.07) is 16.9. The van der Waals surface area contributed by atoms with Gasteiger partial charge in [0.15, 0.2) is 0 Å². The summed E-state index contributed by atoms with van der Waals surface area (Å²) in [5.74, 6) is -0.548. The Hall–Kier alpha value is -3.27. The molecule has 41 heavy (non-hydrogen) atoms. The Morgan fingerprint density at radius 2 is 1.61 bits per heavy atom. The second kappa shape index (κ2) is 14.1. The number of methoxy groups -OCH3 is 1. The minimum Gasteiger partial charge on any atom is -0.495 e. The molecule has 3 rings (SSSR count). The molecule has 0 saturated carbocycles. The minimum absolute atomic E-state index is 0.0120. The number of hydrogen-bond donors (Lipinski definition) is 1. The largest absolute Gasteiger partial charge is 0.495 e. The number of sulfonamides is 1. The van der Waals surface area contributed by atoms with Crippen molar-refractivity contribution < 1.29 is 22.7 Å². The SMILES string of the molecule is COc1ccc(Cl)cc1N(CC(=O)N(Cc1cccc(Cl)c1)[C@H](C)C(=O)NCC(C)C)S(=O)(=O)c1ccc(C)cc1. The fourth-order valence-electron chi connectivity index (χ4n) is 4.08. The first-order valence-electron chi connectivity index (χ1n) is 13.1. The minimum atomic E-state index is -4.27. The normalized spacial score (nSPS) is 12.1. The summed E-state index contributed by atoms with van der Waals surface area (Å²) in [5, 5.41) is 3.59. The van der Waals surface area contributed by atoms with Gasteiger partial charge in [0, 0.05) is 23.1 Å². The zero-order chi connectivity index (χ0) is 30.3. The van der Waals surface area contributed by atoms with Crippen LogP contribution in [0.5, 0.6) is 5.75 Å². The number of carbonyl (C=O) groups is 2. The maximum absolute atomic E-state index is 14.0. The standard InChI is InChI=1S/C30H35Cl2N3O5S/c1-20(2)17-33-30(37)22(4)34(18-23-7-6-8-24(31)15-23)29(36)19-35(27-16-25(32)11-14-28(27)40-5)41(38,39)26-12-9-21(3)10-13-26/h6-16,20,22H,17-19H2,1-5H3,(H,33,37)/t22-/m1/s1. The molecular weight excluding hydrogens is 585 g/mol. The molecule has 0 fully saturated rings. The Labute approximate surface area is 252 Å². The van der Waals surface area contributed by atoms with Gasteiger partial charge in [0.2, 0.25) is 11.8 Å². The van der Waals surface area contributed by atoms with Gasteiger partial charge in [-0.25, -0.2) is 8.42 Å². The molecule has 0 saturated heterocycles. The van der Waals surface area contributed by atoms with Gasteiger partial charge in [-0.3, -0.25) is 13.9 Å². The molecule has 0 spiro atoms. The number of aryl methyl sites for hydroxylation is 1. The van der Waals surface area contributed by atoms with Crippen molar-refractivity contribution in [2.24, 2.45) is 5.92 Å². The highest BCUT2D eigenvalue weighted by Crippen LogP contribution is 2.35. The highest BCUT2D eigenvalue weighted by atomic mass is 35.5. The molecule has 1 atom stereocenters. The first kappa shape index (κ1) is 32.2. The van der Waals surface area contributed by atoms with E-state index in [9.17, 15) is 18.0 Å². The van der Waals surface area contributed by atoms with E-state index in [0.717, 1.165) is 9.87 Å². The molecule has 0 bridgehead atoms. The van der Waals surface area contributed by atoms with E-state index in [0.29, 0.717) is 17.1 Å². The zero-order valence-electron chi connectivity index (χ0n) is 23.7. The maximum atomic E-state index is 14.0. The van der Waals surface area contributed by atoms with E-state index in [4.69, 9.17) is 27.9 Å². The average Bonchev–Trinajstić information content (AvgIpc) is 2.93. The Bertz CT molecular complexity index is 1480. The van der Waals surface area contributed by atoms with E-state index < -0.39 is 28.5 Å². The van der Waals surface area contributed by atoms with Crippen LogP contribution in [-0.4, -0.2) is 51.4 Å². The summed E-state index contributed by atoms with van der Waals surface area (Å²) in [4.78, 5) is 28.5. The van der Waals surface area contributed by atoms with Crippen molar-refractivity contribution in [3.8, 4) is 5.75 Å². The van der Waals surface area contributed by atoms with Gasteiger partial charge >= 0.3 is 0 Å². The van der Waals surface area contributed by atoms with Gasteiger partial charge in [0.1, 0.15) is 18.3 Å². The summed E-state index contributed by atoms with van der Waals surface area (Å²) in [5.41, 5.74) is 1.65. The number of ether oxygens (including phenoxy) is 1. The third-order valence-electron chi connectivity index (χ3n) is 6.39. The molecule has 1 N–H and O–H groups in total. The Morgan fingerprint density at radius 1 is 0.951 bits per heavy atom. The van der Waals surface area contributed by atoms with Crippen LogP contribution in [0.15, 0.2) is 71.6 Å². The zero-order valence-corrected chi connectivity index (χ0v) is 26.1. The molecule has 0 aliphatic rings. The summed E-state index contributed by atoms with van der Waals surface area (Å²) in [6.45, 7) is 7.22. The fraction of sp³-hybridized carbons (Fsp3) is 0.333. The molecule has 0 heterocycles. The lowest BCUT2D eigenvalue weighted by Crippen LogP contribution is -2.51. The van der Waals surface area contributed by atoms with Crippen molar-refractivity contribution >= 4 is 50.7 Å². The molecule has 0 radical (unpaired) electrons. The summed E-state index contributed by atoms with van der Waals surface area (Å²) in [7, 11) is -2.87. The number of anilines is 1. The van der Waals surface area contributed by atoms with Crippen LogP contribution in [0.3, 0.4) is 0 Å². The lowest BCUT2D eigenvalue weighted by atomic mass is 10.1. The van der Waals surface area contributed by atoms with Crippen LogP contribution >= 0.6 is 23.2 Å². The molecule has 0 aliphatic heterocycles. The molecule has 3 aromatic carbocycles. The van der Waals surface area contributed by atoms with Crippen molar-refractivity contribution in [1.29, 1.82) is 0 Å². The quantitative estimate of drug-likeness (QED) is 0.281. The Morgan fingerprint density at radius 3 is 2.22 bits per heavy atom. The molecule has 3 aromatic rings. The van der Waals surface area contributed by atoms with Crippen molar-refractivity contribution in [1.82, 2.24) is 10.2 Å². The number of nitrogens with one attached hydrogen (secondary N) is 1. The van der Waals surface area contributed by atoms with Gasteiger partial charge in [-0.15, -0.1) is 0 Å². The lowest BCUT2D eigenvalue weighted by molar-refractivity contribution is -0.139. The van der Waals surface area contributed by atoms with Crippen molar-refractivity contribution in [2.75, 3.05) is 24.5 Å². The maximum Gasteiger partial charge on any atom is 0.264 e. The molecule has 11 heteroatoms. The molecule has 0 aromatic heterocycles. The summed E-state index contributed by atoms with van der Waals surface area (Å²) in [6.07, 6.45) is 0. The highest BCUT2D eigenvalue weighted by molar-refractivity contribution is 7.92. The van der Waals surface area contributed by atoms with Crippen molar-refractivity contribution in [3.63, 3.8) is 0 Å². The summed E-state index contributed by atoms with van der Waals surface area (Å²) < 4.78 is 34.5. The van der Waals surface area contributed by atoms with Gasteiger partial charge in [0.25, 0.3) is 10.0 Å².